The summed E-state index contributed by atoms with van der Waals surface area (Å²) in [6.07, 6.45) is 3.47. The molecular formula is C4H5ClN2O. The van der Waals surface area contributed by atoms with Gasteiger partial charge in [-0.2, -0.15) is 0 Å². The zero-order valence-corrected chi connectivity index (χ0v) is 4.85. The van der Waals surface area contributed by atoms with Gasteiger partial charge in [0.25, 0.3) is 0 Å². The SMILES string of the molecule is O=C(Cl)N1CC=CN1. The Labute approximate surface area is 51.9 Å². The number of carbonyl (C=O) groups excluding carboxylic acids is 1. The molecule has 3 nitrogen and oxygen atoms in total. The molecule has 0 aliphatic carbocycles. The van der Waals surface area contributed by atoms with Crippen LogP contribution in [0.5, 0.6) is 0 Å². The summed E-state index contributed by atoms with van der Waals surface area (Å²) in [6.45, 7) is 0.558. The summed E-state index contributed by atoms with van der Waals surface area (Å²) in [5, 5.41) is 0.816. The summed E-state index contributed by atoms with van der Waals surface area (Å²) in [7, 11) is 0. The van der Waals surface area contributed by atoms with Gasteiger partial charge >= 0.3 is 5.37 Å². The molecule has 0 spiro atoms. The van der Waals surface area contributed by atoms with Crippen LogP contribution in [0, 0.1) is 0 Å². The molecule has 0 bridgehead atoms. The molecule has 4 heteroatoms. The largest absolute Gasteiger partial charge is 0.335 e. The summed E-state index contributed by atoms with van der Waals surface area (Å²) >= 11 is 5.07. The lowest BCUT2D eigenvalue weighted by molar-refractivity contribution is 0.219. The van der Waals surface area contributed by atoms with Gasteiger partial charge in [0.1, 0.15) is 0 Å². The van der Waals surface area contributed by atoms with Crippen LogP contribution in [-0.4, -0.2) is 16.9 Å². The number of hydrazine groups is 1. The van der Waals surface area contributed by atoms with E-state index in [2.05, 4.69) is 5.43 Å². The number of hydrogen-bond donors (Lipinski definition) is 1. The first-order valence-corrected chi connectivity index (χ1v) is 2.56. The molecule has 0 saturated heterocycles. The summed E-state index contributed by atoms with van der Waals surface area (Å²) in [5.74, 6) is 0. The summed E-state index contributed by atoms with van der Waals surface area (Å²) in [6, 6.07) is 0. The van der Waals surface area contributed by atoms with E-state index in [9.17, 15) is 4.79 Å². The second-order valence-corrected chi connectivity index (χ2v) is 1.72. The number of nitrogens with zero attached hydrogens (tertiary/aromatic N) is 1. The molecule has 0 unspecified atom stereocenters. The normalized spacial score (nSPS) is 16.4. The summed E-state index contributed by atoms with van der Waals surface area (Å²) in [4.78, 5) is 10.2. The van der Waals surface area contributed by atoms with Crippen molar-refractivity contribution in [3.8, 4) is 0 Å². The maximum absolute atomic E-state index is 10.2. The van der Waals surface area contributed by atoms with Crippen molar-refractivity contribution >= 4 is 17.0 Å². The van der Waals surface area contributed by atoms with Crippen molar-refractivity contribution in [2.45, 2.75) is 0 Å². The fourth-order valence-corrected chi connectivity index (χ4v) is 0.594. The third-order valence-electron chi connectivity index (χ3n) is 0.848. The quantitative estimate of drug-likeness (QED) is 0.388. The van der Waals surface area contributed by atoms with Crippen molar-refractivity contribution in [3.05, 3.63) is 12.3 Å². The van der Waals surface area contributed by atoms with Crippen LogP contribution in [0.25, 0.3) is 0 Å². The van der Waals surface area contributed by atoms with E-state index in [-0.39, 0.29) is 0 Å². The minimum atomic E-state index is -0.477. The van der Waals surface area contributed by atoms with Crippen molar-refractivity contribution in [1.29, 1.82) is 0 Å². The lowest BCUT2D eigenvalue weighted by Crippen LogP contribution is -2.31. The van der Waals surface area contributed by atoms with Crippen LogP contribution in [0.3, 0.4) is 0 Å². The van der Waals surface area contributed by atoms with Crippen molar-refractivity contribution in [3.63, 3.8) is 0 Å². The fraction of sp³-hybridized carbons (Fsp3) is 0.250. The smallest absolute Gasteiger partial charge is 0.302 e. The lowest BCUT2D eigenvalue weighted by Gasteiger charge is -2.09. The van der Waals surface area contributed by atoms with Gasteiger partial charge < -0.3 is 5.43 Å². The average molecular weight is 133 g/mol. The number of rotatable bonds is 0. The van der Waals surface area contributed by atoms with Gasteiger partial charge in [-0.3, -0.25) is 4.79 Å². The number of nitrogens with one attached hydrogen (secondary N) is 1. The van der Waals surface area contributed by atoms with E-state index in [0.29, 0.717) is 6.54 Å². The van der Waals surface area contributed by atoms with Gasteiger partial charge in [0.2, 0.25) is 0 Å². The number of carbonyl (C=O) groups is 1. The molecule has 0 atom stereocenters. The van der Waals surface area contributed by atoms with Crippen LogP contribution in [-0.2, 0) is 0 Å². The fourth-order valence-electron chi connectivity index (χ4n) is 0.476. The van der Waals surface area contributed by atoms with Crippen LogP contribution in [0.15, 0.2) is 12.3 Å². The third-order valence-corrected chi connectivity index (χ3v) is 1.05. The zero-order valence-electron chi connectivity index (χ0n) is 4.10. The van der Waals surface area contributed by atoms with Gasteiger partial charge in [0.15, 0.2) is 0 Å². The van der Waals surface area contributed by atoms with Gasteiger partial charge in [0.05, 0.1) is 6.54 Å². The van der Waals surface area contributed by atoms with Crippen LogP contribution in [0.4, 0.5) is 4.79 Å². The van der Waals surface area contributed by atoms with Crippen LogP contribution < -0.4 is 5.43 Å². The van der Waals surface area contributed by atoms with Gasteiger partial charge in [-0.25, -0.2) is 5.01 Å². The minimum Gasteiger partial charge on any atom is -0.302 e. The predicted octanol–water partition coefficient (Wildman–Crippen LogP) is 0.679. The van der Waals surface area contributed by atoms with Crippen molar-refractivity contribution in [1.82, 2.24) is 10.4 Å². The van der Waals surface area contributed by atoms with E-state index in [1.54, 1.807) is 12.3 Å². The van der Waals surface area contributed by atoms with E-state index in [0.717, 1.165) is 0 Å². The van der Waals surface area contributed by atoms with Crippen molar-refractivity contribution in [2.75, 3.05) is 6.54 Å². The molecule has 0 aromatic heterocycles. The maximum atomic E-state index is 10.2. The van der Waals surface area contributed by atoms with E-state index < -0.39 is 5.37 Å². The number of halogens is 1. The molecule has 0 aromatic rings. The Morgan fingerprint density at radius 3 is 2.88 bits per heavy atom. The van der Waals surface area contributed by atoms with Crippen LogP contribution >= 0.6 is 11.6 Å². The standard InChI is InChI=1S/C4H5ClN2O/c5-4(8)7-3-1-2-6-7/h1-2,6H,3H2. The van der Waals surface area contributed by atoms with Gasteiger partial charge in [-0.05, 0) is 17.7 Å². The van der Waals surface area contributed by atoms with Gasteiger partial charge in [-0.1, -0.05) is 0 Å². The molecule has 1 heterocycles. The molecule has 0 fully saturated rings. The molecule has 1 amide bonds. The first-order chi connectivity index (χ1) is 3.80. The highest BCUT2D eigenvalue weighted by Gasteiger charge is 2.08. The second-order valence-electron chi connectivity index (χ2n) is 1.40. The molecule has 1 rings (SSSR count). The van der Waals surface area contributed by atoms with Crippen molar-refractivity contribution in [2.24, 2.45) is 0 Å². The molecular weight excluding hydrogens is 128 g/mol. The Kier molecular flexibility index (Phi) is 1.39. The maximum Gasteiger partial charge on any atom is 0.335 e. The lowest BCUT2D eigenvalue weighted by atomic mass is 10.6. The average Bonchev–Trinajstić information content (AvgIpc) is 2.12. The highest BCUT2D eigenvalue weighted by molar-refractivity contribution is 6.62. The number of hydrogen-bond acceptors (Lipinski definition) is 2. The molecule has 0 radical (unpaired) electrons. The monoisotopic (exact) mass is 132 g/mol. The molecule has 8 heavy (non-hydrogen) atoms. The molecule has 44 valence electrons. The number of amides is 1. The third kappa shape index (κ3) is 0.924. The molecule has 0 saturated carbocycles. The summed E-state index contributed by atoms with van der Waals surface area (Å²) in [5.41, 5.74) is 2.63. The highest BCUT2D eigenvalue weighted by Crippen LogP contribution is 1.96. The second kappa shape index (κ2) is 2.05. The van der Waals surface area contributed by atoms with E-state index in [1.165, 1.54) is 5.01 Å². The Bertz CT molecular complexity index is 126. The minimum absolute atomic E-state index is 0.477. The first-order valence-electron chi connectivity index (χ1n) is 2.19. The zero-order chi connectivity index (χ0) is 5.98. The highest BCUT2D eigenvalue weighted by atomic mass is 35.5. The van der Waals surface area contributed by atoms with E-state index in [1.807, 2.05) is 0 Å². The Balaban J connectivity index is 2.41. The Morgan fingerprint density at radius 2 is 2.62 bits per heavy atom. The van der Waals surface area contributed by atoms with E-state index >= 15 is 0 Å². The predicted molar refractivity (Wildman–Crippen MR) is 30.2 cm³/mol. The van der Waals surface area contributed by atoms with Crippen LogP contribution in [0.2, 0.25) is 0 Å². The summed E-state index contributed by atoms with van der Waals surface area (Å²) < 4.78 is 0. The first kappa shape index (κ1) is 5.44. The van der Waals surface area contributed by atoms with Crippen LogP contribution in [0.1, 0.15) is 0 Å². The molecule has 0 aromatic carbocycles. The van der Waals surface area contributed by atoms with Crippen molar-refractivity contribution < 1.29 is 4.79 Å². The molecule has 1 aliphatic heterocycles. The Morgan fingerprint density at radius 1 is 1.88 bits per heavy atom. The Hall–Kier alpha value is -0.700. The molecule has 1 aliphatic rings. The van der Waals surface area contributed by atoms with Gasteiger partial charge in [-0.15, -0.1) is 0 Å². The van der Waals surface area contributed by atoms with E-state index in [4.69, 9.17) is 11.6 Å². The molecule has 1 N–H and O–H groups in total. The topological polar surface area (TPSA) is 32.3 Å². The van der Waals surface area contributed by atoms with Gasteiger partial charge in [0, 0.05) is 6.20 Å².